The van der Waals surface area contributed by atoms with Gasteiger partial charge in [-0.2, -0.15) is 0 Å². The van der Waals surface area contributed by atoms with Gasteiger partial charge in [-0.25, -0.2) is 8.42 Å². The van der Waals surface area contributed by atoms with Crippen LogP contribution < -0.4 is 9.62 Å². The Morgan fingerprint density at radius 1 is 1.02 bits per heavy atom. The Hall–Kier alpha value is -2.59. The molecule has 2 atom stereocenters. The van der Waals surface area contributed by atoms with Crippen LogP contribution in [0.15, 0.2) is 71.2 Å². The van der Waals surface area contributed by atoms with E-state index in [4.69, 9.17) is 23.2 Å². The van der Waals surface area contributed by atoms with Crippen molar-refractivity contribution >= 4 is 66.7 Å². The Morgan fingerprint density at radius 2 is 1.71 bits per heavy atom. The number of nitrogens with zero attached hydrogens (tertiary/aromatic N) is 2. The van der Waals surface area contributed by atoms with Gasteiger partial charge in [-0.05, 0) is 67.3 Å². The molecule has 0 bridgehead atoms. The van der Waals surface area contributed by atoms with Gasteiger partial charge in [0.25, 0.3) is 0 Å². The van der Waals surface area contributed by atoms with Crippen LogP contribution in [0.3, 0.4) is 0 Å². The molecule has 3 rings (SSSR count). The monoisotopic (exact) mass is 681 g/mol. The summed E-state index contributed by atoms with van der Waals surface area (Å²) in [4.78, 5) is 29.3. The summed E-state index contributed by atoms with van der Waals surface area (Å²) < 4.78 is 27.8. The summed E-state index contributed by atoms with van der Waals surface area (Å²) in [5, 5.41) is 3.76. The van der Waals surface area contributed by atoms with Crippen LogP contribution in [0.4, 0.5) is 5.69 Å². The number of aryl methyl sites for hydroxylation is 1. The van der Waals surface area contributed by atoms with Crippen molar-refractivity contribution in [3.63, 3.8) is 0 Å². The number of nitrogens with one attached hydrogen (secondary N) is 1. The predicted octanol–water partition coefficient (Wildman–Crippen LogP) is 6.39. The van der Waals surface area contributed by atoms with Crippen LogP contribution in [0.2, 0.25) is 10.0 Å². The molecule has 0 spiro atoms. The van der Waals surface area contributed by atoms with Crippen LogP contribution in [-0.2, 0) is 32.6 Å². The first kappa shape index (κ1) is 32.9. The van der Waals surface area contributed by atoms with Gasteiger partial charge in [0.15, 0.2) is 0 Å². The van der Waals surface area contributed by atoms with Crippen molar-refractivity contribution < 1.29 is 18.0 Å². The molecule has 3 aromatic carbocycles. The van der Waals surface area contributed by atoms with Crippen molar-refractivity contribution in [3.8, 4) is 0 Å². The fraction of sp³-hybridized carbons (Fsp3) is 0.333. The zero-order chi connectivity index (χ0) is 30.3. The lowest BCUT2D eigenvalue weighted by atomic mass is 10.0. The van der Waals surface area contributed by atoms with Gasteiger partial charge < -0.3 is 10.2 Å². The number of benzene rings is 3. The van der Waals surface area contributed by atoms with Gasteiger partial charge in [-0.1, -0.05) is 82.5 Å². The first-order valence-corrected chi connectivity index (χ1v) is 16.5. The van der Waals surface area contributed by atoms with E-state index >= 15 is 0 Å². The second-order valence-electron chi connectivity index (χ2n) is 9.98. The molecule has 41 heavy (non-hydrogen) atoms. The van der Waals surface area contributed by atoms with E-state index in [1.54, 1.807) is 36.4 Å². The third-order valence-electron chi connectivity index (χ3n) is 6.74. The quantitative estimate of drug-likeness (QED) is 0.240. The largest absolute Gasteiger partial charge is 0.352 e. The molecule has 0 aromatic heterocycles. The second-order valence-corrected chi connectivity index (χ2v) is 13.6. The molecule has 0 aliphatic carbocycles. The molecular weight excluding hydrogens is 649 g/mol. The molecule has 0 aliphatic rings. The molecule has 11 heteroatoms. The smallest absolute Gasteiger partial charge is 0.244 e. The van der Waals surface area contributed by atoms with Gasteiger partial charge in [0.2, 0.25) is 21.8 Å². The molecule has 220 valence electrons. The maximum atomic E-state index is 14.2. The number of carbonyl (C=O) groups is 2. The summed E-state index contributed by atoms with van der Waals surface area (Å²) in [5.41, 5.74) is 2.57. The summed E-state index contributed by atoms with van der Waals surface area (Å²) in [5.74, 6) is -0.894. The Kier molecular flexibility index (Phi) is 11.7. The first-order valence-electron chi connectivity index (χ1n) is 13.1. The van der Waals surface area contributed by atoms with Crippen molar-refractivity contribution in [1.82, 2.24) is 10.2 Å². The van der Waals surface area contributed by atoms with Crippen molar-refractivity contribution in [2.75, 3.05) is 17.1 Å². The van der Waals surface area contributed by atoms with Gasteiger partial charge in [0.1, 0.15) is 12.6 Å². The molecule has 0 saturated heterocycles. The lowest BCUT2D eigenvalue weighted by Gasteiger charge is -2.34. The molecule has 7 nitrogen and oxygen atoms in total. The minimum atomic E-state index is -3.86. The van der Waals surface area contributed by atoms with Crippen LogP contribution in [0, 0.1) is 6.92 Å². The highest BCUT2D eigenvalue weighted by molar-refractivity contribution is 9.10. The highest BCUT2D eigenvalue weighted by Gasteiger charge is 2.33. The molecule has 0 unspecified atom stereocenters. The third kappa shape index (κ3) is 9.20. The number of carbonyl (C=O) groups excluding carboxylic acids is 2. The van der Waals surface area contributed by atoms with Gasteiger partial charge in [0, 0.05) is 33.5 Å². The van der Waals surface area contributed by atoms with Crippen molar-refractivity contribution in [2.24, 2.45) is 0 Å². The minimum absolute atomic E-state index is 0.0305. The number of hydrogen-bond donors (Lipinski definition) is 1. The summed E-state index contributed by atoms with van der Waals surface area (Å²) in [6, 6.07) is 18.3. The predicted molar refractivity (Wildman–Crippen MR) is 170 cm³/mol. The lowest BCUT2D eigenvalue weighted by Crippen LogP contribution is -2.54. The van der Waals surface area contributed by atoms with Crippen molar-refractivity contribution in [1.29, 1.82) is 0 Å². The normalized spacial score (nSPS) is 12.9. The number of rotatable bonds is 12. The van der Waals surface area contributed by atoms with E-state index < -0.39 is 28.5 Å². The summed E-state index contributed by atoms with van der Waals surface area (Å²) in [6.45, 7) is 5.14. The fourth-order valence-electron chi connectivity index (χ4n) is 4.23. The van der Waals surface area contributed by atoms with E-state index in [2.05, 4.69) is 21.2 Å². The highest BCUT2D eigenvalue weighted by atomic mass is 79.9. The number of sulfonamides is 1. The number of halogens is 3. The number of anilines is 1. The lowest BCUT2D eigenvalue weighted by molar-refractivity contribution is -0.140. The zero-order valence-corrected chi connectivity index (χ0v) is 27.3. The number of hydrogen-bond acceptors (Lipinski definition) is 4. The van der Waals surface area contributed by atoms with Crippen LogP contribution in [0.1, 0.15) is 37.0 Å². The van der Waals surface area contributed by atoms with Crippen molar-refractivity contribution in [2.45, 2.75) is 52.2 Å². The van der Waals surface area contributed by atoms with E-state index in [1.807, 2.05) is 51.1 Å². The average Bonchev–Trinajstić information content (AvgIpc) is 2.91. The zero-order valence-electron chi connectivity index (χ0n) is 23.4. The standard InChI is InChI=1S/C30H34BrCl2N3O4S/c1-5-21(3)34-30(38)28(16-22-9-7-6-8-10-22)35(18-23-11-12-24(32)17-27(23)33)29(37)19-36(41(4,39)40)25-13-14-26(31)20(2)15-25/h6-15,17,21,28H,5,16,18-19H2,1-4H3,(H,34,38)/t21-,28+/m0/s1. The van der Waals surface area contributed by atoms with Gasteiger partial charge in [-0.3, -0.25) is 13.9 Å². The Bertz CT molecular complexity index is 1490. The molecule has 2 amide bonds. The maximum Gasteiger partial charge on any atom is 0.244 e. The van der Waals surface area contributed by atoms with E-state index in [0.717, 1.165) is 26.2 Å². The molecule has 3 aromatic rings. The molecular formula is C30H34BrCl2N3O4S. The fourth-order valence-corrected chi connectivity index (χ4v) is 5.78. The van der Waals surface area contributed by atoms with Gasteiger partial charge in [0.05, 0.1) is 11.9 Å². The highest BCUT2D eigenvalue weighted by Crippen LogP contribution is 2.27. The Labute approximate surface area is 261 Å². The maximum absolute atomic E-state index is 14.2. The number of amides is 2. The SMILES string of the molecule is CC[C@H](C)NC(=O)[C@@H](Cc1ccccc1)N(Cc1ccc(Cl)cc1Cl)C(=O)CN(c1ccc(Br)c(C)c1)S(C)(=O)=O. The topological polar surface area (TPSA) is 86.8 Å². The Balaban J connectivity index is 2.10. The minimum Gasteiger partial charge on any atom is -0.352 e. The Morgan fingerprint density at radius 3 is 2.29 bits per heavy atom. The molecule has 0 fully saturated rings. The molecule has 0 saturated carbocycles. The molecule has 0 radical (unpaired) electrons. The van der Waals surface area contributed by atoms with Crippen molar-refractivity contribution in [3.05, 3.63) is 97.9 Å². The molecule has 0 aliphatic heterocycles. The van der Waals surface area contributed by atoms with Gasteiger partial charge in [-0.15, -0.1) is 0 Å². The summed E-state index contributed by atoms with van der Waals surface area (Å²) in [7, 11) is -3.86. The average molecular weight is 683 g/mol. The first-order chi connectivity index (χ1) is 19.3. The molecule has 0 heterocycles. The third-order valence-corrected chi connectivity index (χ3v) is 9.35. The van der Waals surface area contributed by atoms with E-state index in [-0.39, 0.29) is 24.9 Å². The van der Waals surface area contributed by atoms with Crippen LogP contribution >= 0.6 is 39.1 Å². The van der Waals surface area contributed by atoms with E-state index in [0.29, 0.717) is 27.7 Å². The second kappa shape index (κ2) is 14.5. The van der Waals surface area contributed by atoms with Crippen LogP contribution in [-0.4, -0.2) is 50.0 Å². The van der Waals surface area contributed by atoms with Crippen LogP contribution in [0.25, 0.3) is 0 Å². The van der Waals surface area contributed by atoms with E-state index in [1.165, 1.54) is 4.90 Å². The van der Waals surface area contributed by atoms with Gasteiger partial charge >= 0.3 is 0 Å². The van der Waals surface area contributed by atoms with Crippen LogP contribution in [0.5, 0.6) is 0 Å². The van der Waals surface area contributed by atoms with E-state index in [9.17, 15) is 18.0 Å². The summed E-state index contributed by atoms with van der Waals surface area (Å²) >= 11 is 16.1. The molecule has 1 N–H and O–H groups in total. The summed E-state index contributed by atoms with van der Waals surface area (Å²) in [6.07, 6.45) is 1.97.